The summed E-state index contributed by atoms with van der Waals surface area (Å²) in [6.45, 7) is 5.66. The van der Waals surface area contributed by atoms with E-state index in [0.29, 0.717) is 25.3 Å². The van der Waals surface area contributed by atoms with Crippen molar-refractivity contribution in [1.29, 1.82) is 0 Å². The van der Waals surface area contributed by atoms with Crippen molar-refractivity contribution in [3.8, 4) is 5.75 Å². The van der Waals surface area contributed by atoms with Crippen LogP contribution in [0.3, 0.4) is 0 Å². The summed E-state index contributed by atoms with van der Waals surface area (Å²) in [6, 6.07) is 24.3. The van der Waals surface area contributed by atoms with Crippen LogP contribution in [0.4, 0.5) is 11.4 Å². The molecule has 1 aliphatic heterocycles. The number of nitrogens with zero attached hydrogens (tertiary/aromatic N) is 2. The molecule has 1 aliphatic rings. The standard InChI is InChI=1S/C29H32N4O3S/c1-2-3-21-36-26-15-9-22(10-16-26)27(34)31-29(37)30-24-11-13-25(14-12-24)32-17-19-33(20-18-32)28(35)23-7-5-4-6-8-23/h4-16H,2-3,17-21H2,1H3,(H2,30,31,34,37). The lowest BCUT2D eigenvalue weighted by Crippen LogP contribution is -2.48. The van der Waals surface area contributed by atoms with Crippen LogP contribution < -0.4 is 20.3 Å². The lowest BCUT2D eigenvalue weighted by molar-refractivity contribution is 0.0746. The van der Waals surface area contributed by atoms with Crippen molar-refractivity contribution < 1.29 is 14.3 Å². The van der Waals surface area contributed by atoms with E-state index < -0.39 is 0 Å². The zero-order valence-electron chi connectivity index (χ0n) is 21.0. The highest BCUT2D eigenvalue weighted by Gasteiger charge is 2.22. The smallest absolute Gasteiger partial charge is 0.257 e. The first-order chi connectivity index (χ1) is 18.0. The molecule has 0 bridgehead atoms. The predicted octanol–water partition coefficient (Wildman–Crippen LogP) is 4.95. The van der Waals surface area contributed by atoms with Crippen LogP contribution in [0.2, 0.25) is 0 Å². The Morgan fingerprint density at radius 1 is 0.865 bits per heavy atom. The number of ether oxygens (including phenoxy) is 1. The number of thiocarbonyl (C=S) groups is 1. The number of hydrogen-bond acceptors (Lipinski definition) is 5. The fourth-order valence-electron chi connectivity index (χ4n) is 4.06. The molecule has 2 N–H and O–H groups in total. The number of nitrogens with one attached hydrogen (secondary N) is 2. The van der Waals surface area contributed by atoms with Crippen LogP contribution in [0.1, 0.15) is 40.5 Å². The van der Waals surface area contributed by atoms with Crippen molar-refractivity contribution in [2.24, 2.45) is 0 Å². The van der Waals surface area contributed by atoms with Crippen LogP contribution in [0, 0.1) is 0 Å². The van der Waals surface area contributed by atoms with Crippen LogP contribution in [-0.4, -0.2) is 54.6 Å². The second kappa shape index (κ2) is 12.9. The van der Waals surface area contributed by atoms with Crippen LogP contribution in [0.5, 0.6) is 5.75 Å². The summed E-state index contributed by atoms with van der Waals surface area (Å²) in [4.78, 5) is 29.4. The Labute approximate surface area is 223 Å². The van der Waals surface area contributed by atoms with E-state index in [0.717, 1.165) is 48.6 Å². The number of amides is 2. The maximum atomic E-state index is 12.7. The van der Waals surface area contributed by atoms with Crippen molar-refractivity contribution >= 4 is 40.5 Å². The van der Waals surface area contributed by atoms with Gasteiger partial charge in [-0.3, -0.25) is 14.9 Å². The average molecular weight is 517 g/mol. The van der Waals surface area contributed by atoms with E-state index in [2.05, 4.69) is 22.5 Å². The number of hydrogen-bond donors (Lipinski definition) is 2. The minimum Gasteiger partial charge on any atom is -0.494 e. The molecule has 0 aromatic heterocycles. The average Bonchev–Trinajstić information content (AvgIpc) is 2.94. The number of unbranched alkanes of at least 4 members (excludes halogenated alkanes) is 1. The number of carbonyl (C=O) groups excluding carboxylic acids is 2. The lowest BCUT2D eigenvalue weighted by atomic mass is 10.1. The Bertz CT molecular complexity index is 1190. The zero-order valence-corrected chi connectivity index (χ0v) is 21.8. The molecule has 0 aliphatic carbocycles. The van der Waals surface area contributed by atoms with E-state index in [1.807, 2.05) is 59.5 Å². The van der Waals surface area contributed by atoms with Gasteiger partial charge in [0.25, 0.3) is 11.8 Å². The Morgan fingerprint density at radius 3 is 2.19 bits per heavy atom. The maximum Gasteiger partial charge on any atom is 0.257 e. The van der Waals surface area contributed by atoms with E-state index in [1.54, 1.807) is 24.3 Å². The number of carbonyl (C=O) groups is 2. The van der Waals surface area contributed by atoms with Gasteiger partial charge in [-0.15, -0.1) is 0 Å². The molecule has 0 saturated carbocycles. The van der Waals surface area contributed by atoms with Gasteiger partial charge in [-0.25, -0.2) is 0 Å². The highest BCUT2D eigenvalue weighted by atomic mass is 32.1. The number of piperazine rings is 1. The Morgan fingerprint density at radius 2 is 1.54 bits per heavy atom. The molecule has 0 spiro atoms. The van der Waals surface area contributed by atoms with Gasteiger partial charge in [0.05, 0.1) is 6.61 Å². The molecule has 3 aromatic carbocycles. The molecular formula is C29H32N4O3S. The molecular weight excluding hydrogens is 484 g/mol. The highest BCUT2D eigenvalue weighted by molar-refractivity contribution is 7.80. The summed E-state index contributed by atoms with van der Waals surface area (Å²) in [5, 5.41) is 6.01. The van der Waals surface area contributed by atoms with Gasteiger partial charge in [-0.1, -0.05) is 31.5 Å². The molecule has 1 fully saturated rings. The summed E-state index contributed by atoms with van der Waals surface area (Å²) in [5.41, 5.74) is 3.09. The van der Waals surface area contributed by atoms with E-state index in [9.17, 15) is 9.59 Å². The first kappa shape index (κ1) is 26.2. The van der Waals surface area contributed by atoms with Crippen LogP contribution in [0.15, 0.2) is 78.9 Å². The van der Waals surface area contributed by atoms with Gasteiger partial charge in [0.1, 0.15) is 5.75 Å². The summed E-state index contributed by atoms with van der Waals surface area (Å²) >= 11 is 5.33. The van der Waals surface area contributed by atoms with Crippen molar-refractivity contribution in [2.45, 2.75) is 19.8 Å². The molecule has 0 atom stereocenters. The van der Waals surface area contributed by atoms with Gasteiger partial charge in [0.2, 0.25) is 0 Å². The first-order valence-corrected chi connectivity index (χ1v) is 13.0. The molecule has 7 nitrogen and oxygen atoms in total. The van der Waals surface area contributed by atoms with Crippen LogP contribution in [0.25, 0.3) is 0 Å². The monoisotopic (exact) mass is 516 g/mol. The summed E-state index contributed by atoms with van der Waals surface area (Å²) < 4.78 is 5.64. The van der Waals surface area contributed by atoms with Gasteiger partial charge in [0.15, 0.2) is 5.11 Å². The maximum absolute atomic E-state index is 12.7. The van der Waals surface area contributed by atoms with Gasteiger partial charge < -0.3 is 19.9 Å². The first-order valence-electron chi connectivity index (χ1n) is 12.6. The number of rotatable bonds is 8. The van der Waals surface area contributed by atoms with E-state index in [4.69, 9.17) is 17.0 Å². The Balaban J connectivity index is 1.23. The van der Waals surface area contributed by atoms with Crippen molar-refractivity contribution in [3.05, 3.63) is 90.0 Å². The molecule has 192 valence electrons. The van der Waals surface area contributed by atoms with Gasteiger partial charge in [-0.05, 0) is 79.3 Å². The molecule has 4 rings (SSSR count). The Hall–Kier alpha value is -3.91. The molecule has 1 saturated heterocycles. The van der Waals surface area contributed by atoms with Gasteiger partial charge >= 0.3 is 0 Å². The van der Waals surface area contributed by atoms with Crippen LogP contribution >= 0.6 is 12.2 Å². The van der Waals surface area contributed by atoms with Crippen LogP contribution in [-0.2, 0) is 0 Å². The molecule has 2 amide bonds. The summed E-state index contributed by atoms with van der Waals surface area (Å²) in [6.07, 6.45) is 2.07. The molecule has 8 heteroatoms. The number of anilines is 2. The van der Waals surface area contributed by atoms with Gasteiger partial charge in [-0.2, -0.15) is 0 Å². The van der Waals surface area contributed by atoms with E-state index in [-0.39, 0.29) is 16.9 Å². The topological polar surface area (TPSA) is 73.9 Å². The minimum atomic E-state index is -0.280. The lowest BCUT2D eigenvalue weighted by Gasteiger charge is -2.36. The van der Waals surface area contributed by atoms with Crippen molar-refractivity contribution in [1.82, 2.24) is 10.2 Å². The molecule has 0 radical (unpaired) electrons. The molecule has 3 aromatic rings. The fourth-order valence-corrected chi connectivity index (χ4v) is 4.27. The zero-order chi connectivity index (χ0) is 26.0. The van der Waals surface area contributed by atoms with E-state index >= 15 is 0 Å². The second-order valence-corrected chi connectivity index (χ2v) is 9.24. The second-order valence-electron chi connectivity index (χ2n) is 8.83. The SMILES string of the molecule is CCCCOc1ccc(C(=O)NC(=S)Nc2ccc(N3CCN(C(=O)c4ccccc4)CC3)cc2)cc1. The quantitative estimate of drug-likeness (QED) is 0.326. The third-order valence-electron chi connectivity index (χ3n) is 6.19. The summed E-state index contributed by atoms with van der Waals surface area (Å²) in [7, 11) is 0. The highest BCUT2D eigenvalue weighted by Crippen LogP contribution is 2.20. The van der Waals surface area contributed by atoms with Gasteiger partial charge in [0, 0.05) is 48.7 Å². The fraction of sp³-hybridized carbons (Fsp3) is 0.276. The third-order valence-corrected chi connectivity index (χ3v) is 6.39. The Kier molecular flexibility index (Phi) is 9.10. The molecule has 1 heterocycles. The van der Waals surface area contributed by atoms with Crippen molar-refractivity contribution in [2.75, 3.05) is 43.0 Å². The predicted molar refractivity (Wildman–Crippen MR) is 152 cm³/mol. The normalized spacial score (nSPS) is 13.1. The largest absolute Gasteiger partial charge is 0.494 e. The number of benzene rings is 3. The third kappa shape index (κ3) is 7.30. The molecule has 0 unspecified atom stereocenters. The van der Waals surface area contributed by atoms with E-state index in [1.165, 1.54) is 0 Å². The minimum absolute atomic E-state index is 0.0756. The van der Waals surface area contributed by atoms with Crippen molar-refractivity contribution in [3.63, 3.8) is 0 Å². The molecule has 37 heavy (non-hydrogen) atoms. The summed E-state index contributed by atoms with van der Waals surface area (Å²) in [5.74, 6) is 0.541.